The molecule has 1 unspecified atom stereocenters. The van der Waals surface area contributed by atoms with Crippen molar-refractivity contribution in [3.8, 4) is 0 Å². The number of benzene rings is 1. The molecule has 1 fully saturated rings. The zero-order chi connectivity index (χ0) is 13.4. The van der Waals surface area contributed by atoms with Gasteiger partial charge in [-0.3, -0.25) is 10.1 Å². The van der Waals surface area contributed by atoms with Gasteiger partial charge < -0.3 is 5.32 Å². The molecule has 6 heteroatoms. The van der Waals surface area contributed by atoms with Gasteiger partial charge in [0.2, 0.25) is 5.91 Å². The third-order valence-corrected chi connectivity index (χ3v) is 3.11. The van der Waals surface area contributed by atoms with E-state index < -0.39 is 17.3 Å². The first-order chi connectivity index (χ1) is 8.34. The lowest BCUT2D eigenvalue weighted by Crippen LogP contribution is -2.59. The minimum atomic E-state index is -4.41. The normalized spacial score (nSPS) is 24.8. The zero-order valence-electron chi connectivity index (χ0n) is 9.77. The van der Waals surface area contributed by atoms with E-state index in [0.717, 1.165) is 12.1 Å². The van der Waals surface area contributed by atoms with Crippen molar-refractivity contribution in [2.75, 3.05) is 13.1 Å². The maximum Gasteiger partial charge on any atom is 0.416 e. The van der Waals surface area contributed by atoms with Gasteiger partial charge in [0.15, 0.2) is 0 Å². The summed E-state index contributed by atoms with van der Waals surface area (Å²) in [6, 6.07) is 4.84. The molecule has 0 aliphatic carbocycles. The Kier molecular flexibility index (Phi) is 3.06. The van der Waals surface area contributed by atoms with Gasteiger partial charge in [0.05, 0.1) is 5.56 Å². The van der Waals surface area contributed by atoms with E-state index in [1.165, 1.54) is 12.1 Å². The number of hydrogen-bond donors (Lipinski definition) is 2. The van der Waals surface area contributed by atoms with Crippen LogP contribution in [0.3, 0.4) is 0 Å². The van der Waals surface area contributed by atoms with E-state index >= 15 is 0 Å². The van der Waals surface area contributed by atoms with E-state index in [1.807, 2.05) is 0 Å². The van der Waals surface area contributed by atoms with Crippen molar-refractivity contribution in [3.63, 3.8) is 0 Å². The van der Waals surface area contributed by atoms with Gasteiger partial charge in [0, 0.05) is 13.1 Å². The molecule has 0 radical (unpaired) electrons. The molecule has 1 aromatic carbocycles. The van der Waals surface area contributed by atoms with E-state index in [0.29, 0.717) is 18.7 Å². The quantitative estimate of drug-likeness (QED) is 0.804. The molecule has 1 atom stereocenters. The van der Waals surface area contributed by atoms with Crippen molar-refractivity contribution in [2.24, 2.45) is 0 Å². The monoisotopic (exact) mass is 258 g/mol. The van der Waals surface area contributed by atoms with Gasteiger partial charge in [-0.1, -0.05) is 12.1 Å². The van der Waals surface area contributed by atoms with Gasteiger partial charge in [-0.05, 0) is 24.6 Å². The average molecular weight is 258 g/mol. The molecule has 0 spiro atoms. The Balaban J connectivity index is 2.41. The molecule has 1 amide bonds. The Morgan fingerprint density at radius 1 is 1.28 bits per heavy atom. The highest BCUT2D eigenvalue weighted by Crippen LogP contribution is 2.32. The Hall–Kier alpha value is -1.56. The van der Waals surface area contributed by atoms with Crippen molar-refractivity contribution in [2.45, 2.75) is 18.6 Å². The van der Waals surface area contributed by atoms with E-state index in [1.54, 1.807) is 6.92 Å². The summed E-state index contributed by atoms with van der Waals surface area (Å²) in [5, 5.41) is 5.61. The number of halogens is 3. The molecule has 2 rings (SSSR count). The molecular formula is C12H13F3N2O. The van der Waals surface area contributed by atoms with Crippen LogP contribution in [-0.4, -0.2) is 19.0 Å². The van der Waals surface area contributed by atoms with Crippen LogP contribution in [0.1, 0.15) is 18.1 Å². The number of rotatable bonds is 1. The van der Waals surface area contributed by atoms with Crippen LogP contribution in [0.4, 0.5) is 13.2 Å². The van der Waals surface area contributed by atoms with E-state index in [4.69, 9.17) is 0 Å². The van der Waals surface area contributed by atoms with E-state index in [9.17, 15) is 18.0 Å². The molecular weight excluding hydrogens is 245 g/mol. The number of amides is 1. The fourth-order valence-corrected chi connectivity index (χ4v) is 1.99. The van der Waals surface area contributed by atoms with Crippen LogP contribution >= 0.6 is 0 Å². The molecule has 18 heavy (non-hydrogen) atoms. The van der Waals surface area contributed by atoms with E-state index in [2.05, 4.69) is 10.6 Å². The minimum Gasteiger partial charge on any atom is -0.353 e. The van der Waals surface area contributed by atoms with Crippen LogP contribution in [0.15, 0.2) is 24.3 Å². The summed E-state index contributed by atoms with van der Waals surface area (Å²) < 4.78 is 37.9. The molecule has 0 aromatic heterocycles. The van der Waals surface area contributed by atoms with Crippen LogP contribution in [-0.2, 0) is 16.5 Å². The smallest absolute Gasteiger partial charge is 0.353 e. The van der Waals surface area contributed by atoms with Crippen molar-refractivity contribution < 1.29 is 18.0 Å². The lowest BCUT2D eigenvalue weighted by Gasteiger charge is -2.34. The number of nitrogens with one attached hydrogen (secondary N) is 2. The van der Waals surface area contributed by atoms with Gasteiger partial charge in [-0.25, -0.2) is 0 Å². The summed E-state index contributed by atoms with van der Waals surface area (Å²) in [5.74, 6) is -0.312. The maximum absolute atomic E-state index is 12.6. The SMILES string of the molecule is CC1(c2cccc(C(F)(F)F)c2)NCCNC1=O. The molecule has 98 valence electrons. The van der Waals surface area contributed by atoms with Crippen LogP contribution in [0.5, 0.6) is 0 Å². The molecule has 0 saturated carbocycles. The van der Waals surface area contributed by atoms with Crippen LogP contribution in [0.25, 0.3) is 0 Å². The summed E-state index contributed by atoms with van der Waals surface area (Å²) in [6.07, 6.45) is -4.41. The highest BCUT2D eigenvalue weighted by molar-refractivity contribution is 5.88. The van der Waals surface area contributed by atoms with Crippen molar-refractivity contribution in [3.05, 3.63) is 35.4 Å². The molecule has 1 aliphatic heterocycles. The van der Waals surface area contributed by atoms with Gasteiger partial charge >= 0.3 is 6.18 Å². The highest BCUT2D eigenvalue weighted by Gasteiger charge is 2.39. The number of hydrogen-bond acceptors (Lipinski definition) is 2. The molecule has 3 nitrogen and oxygen atoms in total. The van der Waals surface area contributed by atoms with Gasteiger partial charge in [0.25, 0.3) is 0 Å². The molecule has 1 aliphatic rings. The number of piperazine rings is 1. The third kappa shape index (κ3) is 2.20. The Morgan fingerprint density at radius 2 is 2.00 bits per heavy atom. The van der Waals surface area contributed by atoms with Gasteiger partial charge in [-0.15, -0.1) is 0 Å². The van der Waals surface area contributed by atoms with Crippen molar-refractivity contribution in [1.29, 1.82) is 0 Å². The number of carbonyl (C=O) groups excluding carboxylic acids is 1. The summed E-state index contributed by atoms with van der Waals surface area (Å²) in [5.41, 5.74) is -1.55. The Bertz CT molecular complexity index is 473. The molecule has 0 bridgehead atoms. The average Bonchev–Trinajstić information content (AvgIpc) is 2.32. The molecule has 1 aromatic rings. The summed E-state index contributed by atoms with van der Waals surface area (Å²) in [6.45, 7) is 2.59. The minimum absolute atomic E-state index is 0.312. The standard InChI is InChI=1S/C12H13F3N2O/c1-11(10(18)16-5-6-17-11)8-3-2-4-9(7-8)12(13,14)15/h2-4,7,17H,5-6H2,1H3,(H,16,18). The second-order valence-corrected chi connectivity index (χ2v) is 4.39. The summed E-state index contributed by atoms with van der Waals surface area (Å²) >= 11 is 0. The summed E-state index contributed by atoms with van der Waals surface area (Å²) in [4.78, 5) is 11.8. The second-order valence-electron chi connectivity index (χ2n) is 4.39. The van der Waals surface area contributed by atoms with Crippen LogP contribution < -0.4 is 10.6 Å². The summed E-state index contributed by atoms with van der Waals surface area (Å²) in [7, 11) is 0. The molecule has 1 heterocycles. The predicted octanol–water partition coefficient (Wildman–Crippen LogP) is 1.64. The first-order valence-corrected chi connectivity index (χ1v) is 5.55. The Labute approximate surface area is 102 Å². The molecule has 2 N–H and O–H groups in total. The van der Waals surface area contributed by atoms with Crippen LogP contribution in [0.2, 0.25) is 0 Å². The highest BCUT2D eigenvalue weighted by atomic mass is 19.4. The number of alkyl halides is 3. The predicted molar refractivity (Wildman–Crippen MR) is 59.8 cm³/mol. The first-order valence-electron chi connectivity index (χ1n) is 5.55. The van der Waals surface area contributed by atoms with Crippen molar-refractivity contribution >= 4 is 5.91 Å². The largest absolute Gasteiger partial charge is 0.416 e. The van der Waals surface area contributed by atoms with Crippen molar-refractivity contribution in [1.82, 2.24) is 10.6 Å². The fraction of sp³-hybridized carbons (Fsp3) is 0.417. The maximum atomic E-state index is 12.6. The van der Waals surface area contributed by atoms with Crippen LogP contribution in [0, 0.1) is 0 Å². The Morgan fingerprint density at radius 3 is 2.61 bits per heavy atom. The topological polar surface area (TPSA) is 41.1 Å². The van der Waals surface area contributed by atoms with E-state index in [-0.39, 0.29) is 5.91 Å². The first kappa shape index (κ1) is 12.9. The second kappa shape index (κ2) is 4.28. The lowest BCUT2D eigenvalue weighted by atomic mass is 9.88. The number of carbonyl (C=O) groups is 1. The third-order valence-electron chi connectivity index (χ3n) is 3.11. The fourth-order valence-electron chi connectivity index (χ4n) is 1.99. The molecule has 1 saturated heterocycles. The zero-order valence-corrected chi connectivity index (χ0v) is 9.77. The van der Waals surface area contributed by atoms with Gasteiger partial charge in [0.1, 0.15) is 5.54 Å². The van der Waals surface area contributed by atoms with Gasteiger partial charge in [-0.2, -0.15) is 13.2 Å². The lowest BCUT2D eigenvalue weighted by molar-refractivity contribution is -0.138.